The van der Waals surface area contributed by atoms with Crippen LogP contribution < -0.4 is 5.32 Å². The summed E-state index contributed by atoms with van der Waals surface area (Å²) in [5, 5.41) is 6.42. The lowest BCUT2D eigenvalue weighted by Gasteiger charge is -2.24. The highest BCUT2D eigenvalue weighted by atomic mass is 32.1. The van der Waals surface area contributed by atoms with Gasteiger partial charge >= 0.3 is 0 Å². The molecule has 1 N–H and O–H groups in total. The van der Waals surface area contributed by atoms with E-state index in [1.54, 1.807) is 17.5 Å². The highest BCUT2D eigenvalue weighted by Crippen LogP contribution is 2.33. The van der Waals surface area contributed by atoms with E-state index in [1.165, 1.54) is 25.7 Å². The van der Waals surface area contributed by atoms with E-state index in [9.17, 15) is 4.79 Å². The zero-order valence-electron chi connectivity index (χ0n) is 9.89. The smallest absolute Gasteiger partial charge is 0.156 e. The van der Waals surface area contributed by atoms with Crippen LogP contribution in [0.4, 0.5) is 0 Å². The molecule has 0 bridgehead atoms. The molecule has 2 heterocycles. The summed E-state index contributed by atoms with van der Waals surface area (Å²) < 4.78 is 0. The fourth-order valence-corrected chi connectivity index (χ4v) is 3.80. The molecule has 1 aliphatic carbocycles. The number of nitrogens with one attached hydrogen (secondary N) is 1. The van der Waals surface area contributed by atoms with Crippen molar-refractivity contribution in [1.82, 2.24) is 10.3 Å². The summed E-state index contributed by atoms with van der Waals surface area (Å²) >= 11 is 1.58. The molecule has 1 saturated carbocycles. The molecule has 3 atom stereocenters. The normalized spacial score (nSPS) is 32.4. The highest BCUT2D eigenvalue weighted by molar-refractivity contribution is 7.09. The second-order valence-electron chi connectivity index (χ2n) is 5.17. The lowest BCUT2D eigenvalue weighted by Crippen LogP contribution is -2.37. The maximum absolute atomic E-state index is 12.2. The van der Waals surface area contributed by atoms with Gasteiger partial charge in [0.25, 0.3) is 0 Å². The van der Waals surface area contributed by atoms with Gasteiger partial charge in [0.1, 0.15) is 0 Å². The lowest BCUT2D eigenvalue weighted by atomic mass is 9.85. The summed E-state index contributed by atoms with van der Waals surface area (Å²) in [6.07, 6.45) is 8.56. The Hall–Kier alpha value is -0.740. The number of fused-ring (bicyclic) bond motifs is 1. The molecule has 1 aromatic rings. The first kappa shape index (κ1) is 11.4. The number of carbonyl (C=O) groups excluding carboxylic acids is 1. The number of carbonyl (C=O) groups is 1. The molecule has 2 fully saturated rings. The fraction of sp³-hybridized carbons (Fsp3) is 0.692. The van der Waals surface area contributed by atoms with Crippen LogP contribution in [-0.2, 0) is 11.2 Å². The number of nitrogens with zero attached hydrogens (tertiary/aromatic N) is 1. The van der Waals surface area contributed by atoms with Gasteiger partial charge in [-0.3, -0.25) is 4.79 Å². The van der Waals surface area contributed by atoms with Crippen LogP contribution in [0, 0.1) is 5.92 Å². The topological polar surface area (TPSA) is 42.0 Å². The zero-order chi connectivity index (χ0) is 11.7. The Morgan fingerprint density at radius 3 is 3.12 bits per heavy atom. The molecule has 0 aromatic carbocycles. The third-order valence-electron chi connectivity index (χ3n) is 4.06. The van der Waals surface area contributed by atoms with E-state index in [2.05, 4.69) is 10.3 Å². The van der Waals surface area contributed by atoms with Gasteiger partial charge in [-0.15, -0.1) is 11.3 Å². The number of hydrogen-bond donors (Lipinski definition) is 1. The molecule has 0 spiro atoms. The van der Waals surface area contributed by atoms with Gasteiger partial charge in [-0.2, -0.15) is 0 Å². The van der Waals surface area contributed by atoms with Gasteiger partial charge in [0.2, 0.25) is 0 Å². The third kappa shape index (κ3) is 2.43. The van der Waals surface area contributed by atoms with E-state index < -0.39 is 0 Å². The van der Waals surface area contributed by atoms with Crippen molar-refractivity contribution in [1.29, 1.82) is 0 Å². The highest BCUT2D eigenvalue weighted by Gasteiger charge is 2.37. The van der Waals surface area contributed by atoms with Crippen molar-refractivity contribution in [2.45, 2.75) is 50.6 Å². The van der Waals surface area contributed by atoms with Crippen molar-refractivity contribution in [3.05, 3.63) is 16.6 Å². The Morgan fingerprint density at radius 1 is 1.47 bits per heavy atom. The minimum absolute atomic E-state index is 0.0898. The summed E-state index contributed by atoms with van der Waals surface area (Å²) in [5.74, 6) is 1.07. The van der Waals surface area contributed by atoms with Crippen LogP contribution in [0.5, 0.6) is 0 Å². The van der Waals surface area contributed by atoms with Crippen LogP contribution in [0.3, 0.4) is 0 Å². The van der Waals surface area contributed by atoms with Crippen molar-refractivity contribution in [3.63, 3.8) is 0 Å². The lowest BCUT2D eigenvalue weighted by molar-refractivity contribution is -0.120. The van der Waals surface area contributed by atoms with Gasteiger partial charge < -0.3 is 5.32 Å². The molecule has 4 heteroatoms. The number of hydrogen-bond acceptors (Lipinski definition) is 4. The Labute approximate surface area is 106 Å². The van der Waals surface area contributed by atoms with E-state index >= 15 is 0 Å². The number of thiazole rings is 1. The van der Waals surface area contributed by atoms with E-state index in [4.69, 9.17) is 0 Å². The summed E-state index contributed by atoms with van der Waals surface area (Å²) in [4.78, 5) is 16.3. The average molecular weight is 250 g/mol. The van der Waals surface area contributed by atoms with Crippen molar-refractivity contribution >= 4 is 17.1 Å². The first-order valence-corrected chi connectivity index (χ1v) is 7.38. The van der Waals surface area contributed by atoms with Crippen LogP contribution >= 0.6 is 11.3 Å². The summed E-state index contributed by atoms with van der Waals surface area (Å²) in [6, 6.07) is 0.695. The molecular formula is C13H18N2OS. The van der Waals surface area contributed by atoms with Crippen LogP contribution in [0.1, 0.15) is 37.1 Å². The van der Waals surface area contributed by atoms with Crippen molar-refractivity contribution in [2.75, 3.05) is 0 Å². The Balaban J connectivity index is 1.60. The molecular weight excluding hydrogens is 232 g/mol. The Morgan fingerprint density at radius 2 is 2.35 bits per heavy atom. The van der Waals surface area contributed by atoms with Gasteiger partial charge in [-0.25, -0.2) is 4.98 Å². The summed E-state index contributed by atoms with van der Waals surface area (Å²) in [5.41, 5.74) is 0. The van der Waals surface area contributed by atoms with Crippen LogP contribution in [0.2, 0.25) is 0 Å². The molecule has 1 aliphatic heterocycles. The van der Waals surface area contributed by atoms with Gasteiger partial charge in [-0.05, 0) is 25.2 Å². The number of rotatable bonds is 3. The van der Waals surface area contributed by atoms with Crippen LogP contribution in [0.15, 0.2) is 11.6 Å². The van der Waals surface area contributed by atoms with Crippen molar-refractivity contribution in [2.24, 2.45) is 5.92 Å². The maximum Gasteiger partial charge on any atom is 0.156 e. The minimum Gasteiger partial charge on any atom is -0.304 e. The van der Waals surface area contributed by atoms with E-state index in [1.807, 2.05) is 5.38 Å². The molecule has 3 nitrogen and oxygen atoms in total. The van der Waals surface area contributed by atoms with Gasteiger partial charge in [0, 0.05) is 17.6 Å². The largest absolute Gasteiger partial charge is 0.304 e. The van der Waals surface area contributed by atoms with Gasteiger partial charge in [0.15, 0.2) is 5.78 Å². The number of aromatic nitrogens is 1. The Kier molecular flexibility index (Phi) is 3.25. The minimum atomic E-state index is 0.0898. The third-order valence-corrected chi connectivity index (χ3v) is 4.84. The number of Topliss-reactive ketones (excluding diaryl/α,β-unsaturated/α-hetero) is 1. The predicted molar refractivity (Wildman–Crippen MR) is 68.1 cm³/mol. The summed E-state index contributed by atoms with van der Waals surface area (Å²) in [6.45, 7) is 0. The average Bonchev–Trinajstić information content (AvgIpc) is 2.96. The molecule has 1 saturated heterocycles. The number of ketones is 1. The first-order chi connectivity index (χ1) is 8.33. The molecule has 2 aliphatic rings. The van der Waals surface area contributed by atoms with E-state index in [0.29, 0.717) is 18.2 Å². The molecule has 1 aromatic heterocycles. The molecule has 92 valence electrons. The van der Waals surface area contributed by atoms with Crippen LogP contribution in [-0.4, -0.2) is 22.9 Å². The zero-order valence-corrected chi connectivity index (χ0v) is 10.7. The predicted octanol–water partition coefficient (Wildman–Crippen LogP) is 2.18. The fourth-order valence-electron chi connectivity index (χ4n) is 3.18. The van der Waals surface area contributed by atoms with Crippen molar-refractivity contribution in [3.8, 4) is 0 Å². The molecule has 17 heavy (non-hydrogen) atoms. The second kappa shape index (κ2) is 4.86. The molecule has 3 unspecified atom stereocenters. The van der Waals surface area contributed by atoms with Crippen LogP contribution in [0.25, 0.3) is 0 Å². The monoisotopic (exact) mass is 250 g/mol. The quantitative estimate of drug-likeness (QED) is 0.894. The standard InChI is InChI=1S/C13H18N2OS/c16-12(8-13-14-5-6-17-13)11-7-9-3-1-2-4-10(9)15-11/h5-6,9-11,15H,1-4,7-8H2. The molecule has 0 amide bonds. The van der Waals surface area contributed by atoms with Gasteiger partial charge in [-0.1, -0.05) is 12.8 Å². The SMILES string of the molecule is O=C(Cc1nccs1)C1CC2CCCCC2N1. The second-order valence-corrected chi connectivity index (χ2v) is 6.15. The van der Waals surface area contributed by atoms with E-state index in [-0.39, 0.29) is 6.04 Å². The first-order valence-electron chi connectivity index (χ1n) is 6.50. The van der Waals surface area contributed by atoms with Gasteiger partial charge in [0.05, 0.1) is 17.5 Å². The van der Waals surface area contributed by atoms with E-state index in [0.717, 1.165) is 17.3 Å². The maximum atomic E-state index is 12.2. The summed E-state index contributed by atoms with van der Waals surface area (Å²) in [7, 11) is 0. The molecule has 3 rings (SSSR count). The molecule has 0 radical (unpaired) electrons. The van der Waals surface area contributed by atoms with Crippen molar-refractivity contribution < 1.29 is 4.79 Å². The Bertz CT molecular complexity index is 376.